The Bertz CT molecular complexity index is 266. The average Bonchev–Trinajstić information content (AvgIpc) is 2.01. The highest BCUT2D eigenvalue weighted by molar-refractivity contribution is 5.90. The van der Waals surface area contributed by atoms with E-state index in [2.05, 4.69) is 0 Å². The van der Waals surface area contributed by atoms with E-state index in [9.17, 15) is 4.79 Å². The van der Waals surface area contributed by atoms with Crippen LogP contribution in [0.3, 0.4) is 0 Å². The van der Waals surface area contributed by atoms with Crippen molar-refractivity contribution in [3.8, 4) is 0 Å². The Morgan fingerprint density at radius 3 is 2.00 bits per heavy atom. The molecule has 0 aromatic heterocycles. The number of ether oxygens (including phenoxy) is 1. The van der Waals surface area contributed by atoms with Crippen LogP contribution in [0.4, 0.5) is 0 Å². The topological polar surface area (TPSA) is 26.3 Å². The van der Waals surface area contributed by atoms with E-state index in [0.717, 1.165) is 11.1 Å². The predicted octanol–water partition coefficient (Wildman–Crippen LogP) is 3.10. The molecule has 0 radical (unpaired) electrons. The molecule has 0 aliphatic carbocycles. The largest absolute Gasteiger partial charge is 0.466 e. The number of hydrogen-bond acceptors (Lipinski definition) is 2. The van der Waals surface area contributed by atoms with Crippen LogP contribution in [0.5, 0.6) is 0 Å². The molecule has 2 heteroatoms. The second kappa shape index (κ2) is 5.63. The third kappa shape index (κ3) is 3.77. The van der Waals surface area contributed by atoms with Crippen molar-refractivity contribution in [3.05, 3.63) is 22.8 Å². The fourth-order valence-electron chi connectivity index (χ4n) is 1.47. The van der Waals surface area contributed by atoms with E-state index in [4.69, 9.17) is 4.74 Å². The summed E-state index contributed by atoms with van der Waals surface area (Å²) in [5.41, 5.74) is 2.94. The van der Waals surface area contributed by atoms with Gasteiger partial charge in [0.1, 0.15) is 0 Å². The van der Waals surface area contributed by atoms with Gasteiger partial charge in [-0.2, -0.15) is 0 Å². The van der Waals surface area contributed by atoms with Gasteiger partial charge in [0.05, 0.1) is 7.11 Å². The standard InChI is InChI=1S/C12H20O2/c1-8(2)7-10(5)11(9(3)4)12(13)14-6/h7,9H,1-6H3. The molecule has 80 valence electrons. The van der Waals surface area contributed by atoms with Gasteiger partial charge in [-0.05, 0) is 32.3 Å². The van der Waals surface area contributed by atoms with Gasteiger partial charge in [-0.1, -0.05) is 25.5 Å². The number of allylic oxidation sites excluding steroid dienone is 3. The van der Waals surface area contributed by atoms with E-state index < -0.39 is 0 Å². The lowest BCUT2D eigenvalue weighted by Crippen LogP contribution is -2.12. The van der Waals surface area contributed by atoms with Crippen LogP contribution >= 0.6 is 0 Å². The molecule has 0 unspecified atom stereocenters. The van der Waals surface area contributed by atoms with Gasteiger partial charge in [0, 0.05) is 5.57 Å². The van der Waals surface area contributed by atoms with Crippen molar-refractivity contribution in [2.45, 2.75) is 34.6 Å². The number of methoxy groups -OCH3 is 1. The summed E-state index contributed by atoms with van der Waals surface area (Å²) in [6, 6.07) is 0. The second-order valence-electron chi connectivity index (χ2n) is 3.96. The molecule has 0 fully saturated rings. The van der Waals surface area contributed by atoms with E-state index in [1.807, 2.05) is 40.7 Å². The summed E-state index contributed by atoms with van der Waals surface area (Å²) in [6.07, 6.45) is 2.01. The van der Waals surface area contributed by atoms with Gasteiger partial charge < -0.3 is 4.74 Å². The zero-order valence-corrected chi connectivity index (χ0v) is 9.97. The van der Waals surface area contributed by atoms with Gasteiger partial charge in [0.15, 0.2) is 0 Å². The van der Waals surface area contributed by atoms with Crippen molar-refractivity contribution in [2.24, 2.45) is 5.92 Å². The quantitative estimate of drug-likeness (QED) is 0.394. The van der Waals surface area contributed by atoms with Gasteiger partial charge in [-0.3, -0.25) is 0 Å². The Morgan fingerprint density at radius 2 is 1.71 bits per heavy atom. The van der Waals surface area contributed by atoms with Crippen molar-refractivity contribution in [2.75, 3.05) is 7.11 Å². The van der Waals surface area contributed by atoms with Crippen LogP contribution in [0.1, 0.15) is 34.6 Å². The van der Waals surface area contributed by atoms with E-state index in [1.165, 1.54) is 12.7 Å². The maximum Gasteiger partial charge on any atom is 0.334 e. The Morgan fingerprint density at radius 1 is 1.21 bits per heavy atom. The van der Waals surface area contributed by atoms with E-state index in [0.29, 0.717) is 0 Å². The van der Waals surface area contributed by atoms with Crippen molar-refractivity contribution in [3.63, 3.8) is 0 Å². The monoisotopic (exact) mass is 196 g/mol. The number of carbonyl (C=O) groups is 1. The normalized spacial score (nSPS) is 12.2. The summed E-state index contributed by atoms with van der Waals surface area (Å²) >= 11 is 0. The van der Waals surface area contributed by atoms with Crippen LogP contribution < -0.4 is 0 Å². The molecular formula is C12H20O2. The summed E-state index contributed by atoms with van der Waals surface area (Å²) in [6.45, 7) is 9.96. The van der Waals surface area contributed by atoms with Crippen molar-refractivity contribution in [1.82, 2.24) is 0 Å². The van der Waals surface area contributed by atoms with Crippen LogP contribution in [-0.4, -0.2) is 13.1 Å². The van der Waals surface area contributed by atoms with Crippen molar-refractivity contribution < 1.29 is 9.53 Å². The first-order valence-electron chi connectivity index (χ1n) is 4.84. The minimum absolute atomic E-state index is 0.193. The molecule has 0 aliphatic rings. The van der Waals surface area contributed by atoms with Gasteiger partial charge >= 0.3 is 5.97 Å². The molecule has 0 bridgehead atoms. The van der Waals surface area contributed by atoms with Gasteiger partial charge in [0.25, 0.3) is 0 Å². The molecule has 0 atom stereocenters. The molecule has 2 nitrogen and oxygen atoms in total. The van der Waals surface area contributed by atoms with Crippen molar-refractivity contribution >= 4 is 5.97 Å². The highest BCUT2D eigenvalue weighted by Crippen LogP contribution is 2.18. The first kappa shape index (κ1) is 12.9. The molecule has 0 aromatic carbocycles. The number of hydrogen-bond donors (Lipinski definition) is 0. The van der Waals surface area contributed by atoms with Gasteiger partial charge in [-0.15, -0.1) is 0 Å². The molecule has 0 saturated heterocycles. The molecule has 14 heavy (non-hydrogen) atoms. The van der Waals surface area contributed by atoms with Gasteiger partial charge in [0.2, 0.25) is 0 Å². The molecular weight excluding hydrogens is 176 g/mol. The highest BCUT2D eigenvalue weighted by Gasteiger charge is 2.15. The van der Waals surface area contributed by atoms with Gasteiger partial charge in [-0.25, -0.2) is 4.79 Å². The Labute approximate surface area is 86.6 Å². The maximum absolute atomic E-state index is 11.5. The molecule has 0 rings (SSSR count). The Hall–Kier alpha value is -1.05. The lowest BCUT2D eigenvalue weighted by atomic mass is 9.97. The Kier molecular flexibility index (Phi) is 5.21. The lowest BCUT2D eigenvalue weighted by molar-refractivity contribution is -0.136. The third-order valence-electron chi connectivity index (χ3n) is 1.91. The highest BCUT2D eigenvalue weighted by atomic mass is 16.5. The summed E-state index contributed by atoms with van der Waals surface area (Å²) < 4.78 is 4.75. The fourth-order valence-corrected chi connectivity index (χ4v) is 1.47. The minimum Gasteiger partial charge on any atom is -0.466 e. The lowest BCUT2D eigenvalue weighted by Gasteiger charge is -2.11. The van der Waals surface area contributed by atoms with Crippen LogP contribution in [0.2, 0.25) is 0 Å². The smallest absolute Gasteiger partial charge is 0.334 e. The summed E-state index contributed by atoms with van der Waals surface area (Å²) in [4.78, 5) is 11.5. The maximum atomic E-state index is 11.5. The summed E-state index contributed by atoms with van der Waals surface area (Å²) in [5.74, 6) is -0.0342. The van der Waals surface area contributed by atoms with Crippen LogP contribution in [0.15, 0.2) is 22.8 Å². The zero-order valence-electron chi connectivity index (χ0n) is 9.97. The van der Waals surface area contributed by atoms with Crippen LogP contribution in [0.25, 0.3) is 0 Å². The molecule has 0 aromatic rings. The Balaban J connectivity index is 5.16. The molecule has 0 N–H and O–H groups in total. The summed E-state index contributed by atoms with van der Waals surface area (Å²) in [7, 11) is 1.42. The molecule has 0 amide bonds. The molecule has 0 saturated carbocycles. The summed E-state index contributed by atoms with van der Waals surface area (Å²) in [5, 5.41) is 0. The number of rotatable bonds is 3. The SMILES string of the molecule is COC(=O)C(=C(C)C=C(C)C)C(C)C. The first-order chi connectivity index (χ1) is 6.40. The second-order valence-corrected chi connectivity index (χ2v) is 3.96. The minimum atomic E-state index is -0.227. The van der Waals surface area contributed by atoms with E-state index in [-0.39, 0.29) is 11.9 Å². The van der Waals surface area contributed by atoms with E-state index >= 15 is 0 Å². The van der Waals surface area contributed by atoms with E-state index in [1.54, 1.807) is 0 Å². The predicted molar refractivity (Wildman–Crippen MR) is 59.0 cm³/mol. The molecule has 0 heterocycles. The molecule has 0 spiro atoms. The number of esters is 1. The third-order valence-corrected chi connectivity index (χ3v) is 1.91. The average molecular weight is 196 g/mol. The first-order valence-corrected chi connectivity index (χ1v) is 4.84. The van der Waals surface area contributed by atoms with Crippen LogP contribution in [-0.2, 0) is 9.53 Å². The molecule has 0 aliphatic heterocycles. The van der Waals surface area contributed by atoms with Crippen molar-refractivity contribution in [1.29, 1.82) is 0 Å². The van der Waals surface area contributed by atoms with Crippen LogP contribution in [0, 0.1) is 5.92 Å². The zero-order chi connectivity index (χ0) is 11.3. The fraction of sp³-hybridized carbons (Fsp3) is 0.583. The number of carbonyl (C=O) groups excluding carboxylic acids is 1.